The molecule has 29 heavy (non-hydrogen) atoms. The smallest absolute Gasteiger partial charge is 0.0541 e. The Balaban J connectivity index is 1.64. The number of benzene rings is 4. The van der Waals surface area contributed by atoms with E-state index in [0.29, 0.717) is 6.04 Å². The van der Waals surface area contributed by atoms with Gasteiger partial charge in [-0.2, -0.15) is 0 Å². The summed E-state index contributed by atoms with van der Waals surface area (Å²) in [5, 5.41) is 2.58. The van der Waals surface area contributed by atoms with Crippen LogP contribution in [0.5, 0.6) is 0 Å². The van der Waals surface area contributed by atoms with Crippen molar-refractivity contribution in [3.63, 3.8) is 0 Å². The van der Waals surface area contributed by atoms with Gasteiger partial charge in [0.2, 0.25) is 0 Å². The highest BCUT2D eigenvalue weighted by molar-refractivity contribution is 6.09. The molecule has 0 unspecified atom stereocenters. The highest BCUT2D eigenvalue weighted by atomic mass is 15.2. The Kier molecular flexibility index (Phi) is 4.33. The molecule has 142 valence electrons. The third-order valence-electron chi connectivity index (χ3n) is 5.52. The fourth-order valence-electron chi connectivity index (χ4n) is 4.30. The number of para-hydroxylation sites is 3. The third kappa shape index (κ3) is 2.98. The molecule has 1 aromatic heterocycles. The first-order valence-corrected chi connectivity index (χ1v) is 10.2. The topological polar surface area (TPSA) is 8.17 Å². The van der Waals surface area contributed by atoms with Crippen molar-refractivity contribution >= 4 is 33.2 Å². The van der Waals surface area contributed by atoms with Crippen molar-refractivity contribution in [1.29, 1.82) is 0 Å². The molecule has 5 rings (SSSR count). The van der Waals surface area contributed by atoms with E-state index in [1.165, 1.54) is 38.9 Å². The van der Waals surface area contributed by atoms with Gasteiger partial charge in [-0.05, 0) is 62.4 Å². The zero-order valence-corrected chi connectivity index (χ0v) is 16.8. The van der Waals surface area contributed by atoms with Gasteiger partial charge in [0.15, 0.2) is 0 Å². The van der Waals surface area contributed by atoms with Crippen molar-refractivity contribution in [2.75, 3.05) is 4.90 Å². The van der Waals surface area contributed by atoms with Crippen LogP contribution in [0.15, 0.2) is 103 Å². The standard InChI is InChI=1S/C27H24N2/c1-20(2)28(21-10-4-3-5-11-21)22-16-18-23(19-17-22)29-26-14-8-6-12-24(26)25-13-7-9-15-27(25)29/h3-20H,1-2H3. The van der Waals surface area contributed by atoms with E-state index in [-0.39, 0.29) is 0 Å². The second kappa shape index (κ2) is 7.14. The molecular weight excluding hydrogens is 352 g/mol. The Morgan fingerprint density at radius 3 is 1.59 bits per heavy atom. The first kappa shape index (κ1) is 17.6. The van der Waals surface area contributed by atoms with E-state index in [0.717, 1.165) is 0 Å². The van der Waals surface area contributed by atoms with Crippen LogP contribution >= 0.6 is 0 Å². The molecule has 0 aliphatic heterocycles. The fourth-order valence-corrected chi connectivity index (χ4v) is 4.30. The second-order valence-electron chi connectivity index (χ2n) is 7.69. The number of rotatable bonds is 4. The molecule has 1 heterocycles. The van der Waals surface area contributed by atoms with E-state index in [1.807, 2.05) is 0 Å². The van der Waals surface area contributed by atoms with Crippen molar-refractivity contribution < 1.29 is 0 Å². The zero-order valence-electron chi connectivity index (χ0n) is 16.8. The summed E-state index contributed by atoms with van der Waals surface area (Å²) in [6.45, 7) is 4.46. The molecule has 0 radical (unpaired) electrons. The van der Waals surface area contributed by atoms with E-state index in [4.69, 9.17) is 0 Å². The summed E-state index contributed by atoms with van der Waals surface area (Å²) in [6, 6.07) is 37.1. The van der Waals surface area contributed by atoms with Crippen LogP contribution in [0.4, 0.5) is 11.4 Å². The molecule has 0 aliphatic rings. The van der Waals surface area contributed by atoms with Crippen LogP contribution in [0, 0.1) is 0 Å². The molecule has 5 aromatic rings. The summed E-state index contributed by atoms with van der Waals surface area (Å²) in [5.41, 5.74) is 6.08. The van der Waals surface area contributed by atoms with Crippen molar-refractivity contribution in [2.24, 2.45) is 0 Å². The number of hydrogen-bond donors (Lipinski definition) is 0. The number of hydrogen-bond acceptors (Lipinski definition) is 1. The number of aromatic nitrogens is 1. The summed E-state index contributed by atoms with van der Waals surface area (Å²) >= 11 is 0. The summed E-state index contributed by atoms with van der Waals surface area (Å²) < 4.78 is 2.36. The van der Waals surface area contributed by atoms with E-state index in [9.17, 15) is 0 Å². The van der Waals surface area contributed by atoms with E-state index >= 15 is 0 Å². The SMILES string of the molecule is CC(C)N(c1ccccc1)c1ccc(-n2c3ccccc3c3ccccc32)cc1. The predicted octanol–water partition coefficient (Wildman–Crippen LogP) is 7.33. The monoisotopic (exact) mass is 376 g/mol. The fraction of sp³-hybridized carbons (Fsp3) is 0.111. The molecule has 0 bridgehead atoms. The second-order valence-corrected chi connectivity index (χ2v) is 7.69. The maximum Gasteiger partial charge on any atom is 0.0541 e. The average molecular weight is 377 g/mol. The molecule has 0 saturated heterocycles. The minimum absolute atomic E-state index is 0.372. The number of nitrogens with zero attached hydrogens (tertiary/aromatic N) is 2. The van der Waals surface area contributed by atoms with E-state index in [1.54, 1.807) is 0 Å². The van der Waals surface area contributed by atoms with Gasteiger partial charge in [0.05, 0.1) is 11.0 Å². The number of anilines is 2. The van der Waals surface area contributed by atoms with Crippen LogP contribution in [-0.2, 0) is 0 Å². The lowest BCUT2D eigenvalue weighted by Crippen LogP contribution is -2.25. The molecule has 2 nitrogen and oxygen atoms in total. The maximum atomic E-state index is 2.37. The highest BCUT2D eigenvalue weighted by Crippen LogP contribution is 2.33. The average Bonchev–Trinajstić information content (AvgIpc) is 3.10. The van der Waals surface area contributed by atoms with E-state index < -0.39 is 0 Å². The summed E-state index contributed by atoms with van der Waals surface area (Å²) in [5.74, 6) is 0. The Bertz CT molecular complexity index is 1210. The lowest BCUT2D eigenvalue weighted by Gasteiger charge is -2.29. The quantitative estimate of drug-likeness (QED) is 0.319. The molecule has 0 amide bonds. The van der Waals surface area contributed by atoms with Gasteiger partial charge in [-0.1, -0.05) is 54.6 Å². The minimum atomic E-state index is 0.372. The Labute approximate surface area is 171 Å². The molecule has 0 atom stereocenters. The third-order valence-corrected chi connectivity index (χ3v) is 5.52. The molecule has 0 saturated carbocycles. The van der Waals surface area contributed by atoms with Gasteiger partial charge in [0.25, 0.3) is 0 Å². The Morgan fingerprint density at radius 1 is 0.552 bits per heavy atom. The molecule has 0 N–H and O–H groups in total. The van der Waals surface area contributed by atoms with Crippen LogP contribution in [0.2, 0.25) is 0 Å². The van der Waals surface area contributed by atoms with Crippen LogP contribution in [0.1, 0.15) is 13.8 Å². The maximum absolute atomic E-state index is 2.37. The van der Waals surface area contributed by atoms with Gasteiger partial charge in [-0.15, -0.1) is 0 Å². The van der Waals surface area contributed by atoms with Gasteiger partial charge >= 0.3 is 0 Å². The molecule has 0 aliphatic carbocycles. The van der Waals surface area contributed by atoms with Crippen molar-refractivity contribution in [1.82, 2.24) is 4.57 Å². The summed E-state index contributed by atoms with van der Waals surface area (Å²) in [7, 11) is 0. The largest absolute Gasteiger partial charge is 0.339 e. The Hall–Kier alpha value is -3.52. The van der Waals surface area contributed by atoms with Crippen LogP contribution in [-0.4, -0.2) is 10.6 Å². The van der Waals surface area contributed by atoms with Gasteiger partial charge in [-0.25, -0.2) is 0 Å². The van der Waals surface area contributed by atoms with Crippen molar-refractivity contribution in [3.8, 4) is 5.69 Å². The first-order chi connectivity index (χ1) is 14.2. The first-order valence-electron chi connectivity index (χ1n) is 10.2. The van der Waals surface area contributed by atoms with Crippen LogP contribution in [0.25, 0.3) is 27.5 Å². The van der Waals surface area contributed by atoms with Crippen molar-refractivity contribution in [2.45, 2.75) is 19.9 Å². The molecule has 0 spiro atoms. The van der Waals surface area contributed by atoms with Crippen LogP contribution in [0.3, 0.4) is 0 Å². The zero-order chi connectivity index (χ0) is 19.8. The van der Waals surface area contributed by atoms with Gasteiger partial charge in [0, 0.05) is 33.9 Å². The highest BCUT2D eigenvalue weighted by Gasteiger charge is 2.14. The molecule has 4 aromatic carbocycles. The van der Waals surface area contributed by atoms with Gasteiger partial charge < -0.3 is 9.47 Å². The van der Waals surface area contributed by atoms with Crippen LogP contribution < -0.4 is 4.90 Å². The van der Waals surface area contributed by atoms with Gasteiger partial charge in [0.1, 0.15) is 0 Å². The van der Waals surface area contributed by atoms with E-state index in [2.05, 4.69) is 126 Å². The molecule has 0 fully saturated rings. The lowest BCUT2D eigenvalue weighted by molar-refractivity contribution is 0.789. The molecular formula is C27H24N2. The predicted molar refractivity (Wildman–Crippen MR) is 124 cm³/mol. The normalized spacial score (nSPS) is 11.4. The minimum Gasteiger partial charge on any atom is -0.339 e. The lowest BCUT2D eigenvalue weighted by atomic mass is 10.1. The van der Waals surface area contributed by atoms with Gasteiger partial charge in [-0.3, -0.25) is 0 Å². The summed E-state index contributed by atoms with van der Waals surface area (Å²) in [6.07, 6.45) is 0. The summed E-state index contributed by atoms with van der Waals surface area (Å²) in [4.78, 5) is 2.37. The number of fused-ring (bicyclic) bond motifs is 3. The van der Waals surface area contributed by atoms with Crippen molar-refractivity contribution in [3.05, 3.63) is 103 Å². The Morgan fingerprint density at radius 2 is 1.03 bits per heavy atom. The molecule has 2 heteroatoms.